The van der Waals surface area contributed by atoms with Crippen LogP contribution in [-0.2, 0) is 14.3 Å². The number of alkyl halides is 3. The van der Waals surface area contributed by atoms with Crippen molar-refractivity contribution in [1.82, 2.24) is 0 Å². The van der Waals surface area contributed by atoms with Crippen molar-refractivity contribution in [2.45, 2.75) is 33.2 Å². The van der Waals surface area contributed by atoms with Gasteiger partial charge in [0.15, 0.2) is 0 Å². The molecule has 0 amide bonds. The lowest BCUT2D eigenvalue weighted by atomic mass is 10.0. The van der Waals surface area contributed by atoms with Crippen LogP contribution in [0.15, 0.2) is 30.3 Å². The van der Waals surface area contributed by atoms with Crippen LogP contribution in [0.1, 0.15) is 26.3 Å². The van der Waals surface area contributed by atoms with E-state index in [1.807, 2.05) is 0 Å². The van der Waals surface area contributed by atoms with Crippen molar-refractivity contribution in [3.63, 3.8) is 0 Å². The summed E-state index contributed by atoms with van der Waals surface area (Å²) < 4.78 is 44.9. The number of carbonyl (C=O) groups excluding carboxylic acids is 2. The highest BCUT2D eigenvalue weighted by molar-refractivity contribution is 6.00. The first kappa shape index (κ1) is 18.7. The Bertz CT molecular complexity index is 574. The van der Waals surface area contributed by atoms with Gasteiger partial charge in [-0.3, -0.25) is 9.59 Å². The molecular formula is C16H17F3O4. The van der Waals surface area contributed by atoms with Crippen LogP contribution in [0.3, 0.4) is 0 Å². The third kappa shape index (κ3) is 6.99. The van der Waals surface area contributed by atoms with Gasteiger partial charge in [0, 0.05) is 0 Å². The zero-order valence-electron chi connectivity index (χ0n) is 12.9. The summed E-state index contributed by atoms with van der Waals surface area (Å²) in [6.45, 7) is 4.59. The summed E-state index contributed by atoms with van der Waals surface area (Å²) in [5.74, 6) is -2.45. The third-order valence-corrected chi connectivity index (χ3v) is 2.64. The molecule has 1 unspecified atom stereocenters. The molecule has 126 valence electrons. The molecule has 1 rings (SSSR count). The van der Waals surface area contributed by atoms with E-state index < -0.39 is 18.2 Å². The van der Waals surface area contributed by atoms with Crippen LogP contribution in [0.5, 0.6) is 5.75 Å². The number of esters is 1. The summed E-state index contributed by atoms with van der Waals surface area (Å²) >= 11 is 0. The van der Waals surface area contributed by atoms with E-state index in [1.165, 1.54) is 31.2 Å². The lowest BCUT2D eigenvalue weighted by Gasteiger charge is -2.12. The van der Waals surface area contributed by atoms with Gasteiger partial charge >= 0.3 is 12.3 Å². The number of ketones is 1. The second-order valence-electron chi connectivity index (χ2n) is 5.05. The van der Waals surface area contributed by atoms with Gasteiger partial charge in [-0.2, -0.15) is 0 Å². The van der Waals surface area contributed by atoms with Crippen molar-refractivity contribution in [2.24, 2.45) is 5.92 Å². The normalized spacial score (nSPS) is 13.2. The first-order valence-electron chi connectivity index (χ1n) is 6.83. The predicted octanol–water partition coefficient (Wildman–Crippen LogP) is 3.76. The number of halogens is 3. The molecule has 0 bridgehead atoms. The summed E-state index contributed by atoms with van der Waals surface area (Å²) in [7, 11) is 0. The minimum absolute atomic E-state index is 0.350. The molecule has 0 N–H and O–H groups in total. The van der Waals surface area contributed by atoms with Gasteiger partial charge < -0.3 is 9.47 Å². The molecule has 0 aliphatic heterocycles. The zero-order valence-corrected chi connectivity index (χ0v) is 12.9. The van der Waals surface area contributed by atoms with Crippen LogP contribution < -0.4 is 4.74 Å². The SMILES string of the molecule is CC(=O)C(C=Cc1ccc(OC(F)(F)F)cc1)C(=O)OC(C)C. The van der Waals surface area contributed by atoms with Crippen molar-refractivity contribution in [3.8, 4) is 5.75 Å². The van der Waals surface area contributed by atoms with Crippen molar-refractivity contribution in [3.05, 3.63) is 35.9 Å². The van der Waals surface area contributed by atoms with Crippen LogP contribution in [-0.4, -0.2) is 24.2 Å². The van der Waals surface area contributed by atoms with Gasteiger partial charge in [0.1, 0.15) is 17.5 Å². The summed E-state index contributed by atoms with van der Waals surface area (Å²) in [6, 6.07) is 5.04. The quantitative estimate of drug-likeness (QED) is 0.589. The summed E-state index contributed by atoms with van der Waals surface area (Å²) in [6.07, 6.45) is -2.29. The molecule has 4 nitrogen and oxygen atoms in total. The molecule has 1 aromatic rings. The molecule has 23 heavy (non-hydrogen) atoms. The lowest BCUT2D eigenvalue weighted by molar-refractivity contribution is -0.274. The second-order valence-corrected chi connectivity index (χ2v) is 5.05. The fraction of sp³-hybridized carbons (Fsp3) is 0.375. The highest BCUT2D eigenvalue weighted by atomic mass is 19.4. The van der Waals surface area contributed by atoms with Gasteiger partial charge in [-0.15, -0.1) is 13.2 Å². The second kappa shape index (κ2) is 7.80. The number of hydrogen-bond donors (Lipinski definition) is 0. The largest absolute Gasteiger partial charge is 0.573 e. The average Bonchev–Trinajstić information content (AvgIpc) is 2.37. The van der Waals surface area contributed by atoms with Gasteiger partial charge in [0.25, 0.3) is 0 Å². The third-order valence-electron chi connectivity index (χ3n) is 2.64. The molecule has 7 heteroatoms. The van der Waals surface area contributed by atoms with E-state index in [2.05, 4.69) is 4.74 Å². The van der Waals surface area contributed by atoms with Crippen LogP contribution in [0.25, 0.3) is 6.08 Å². The van der Waals surface area contributed by atoms with Gasteiger partial charge in [0.2, 0.25) is 0 Å². The Balaban J connectivity index is 2.81. The maximum Gasteiger partial charge on any atom is 0.573 e. The van der Waals surface area contributed by atoms with E-state index in [9.17, 15) is 22.8 Å². The van der Waals surface area contributed by atoms with Crippen LogP contribution in [0.2, 0.25) is 0 Å². The molecular weight excluding hydrogens is 313 g/mol. The van der Waals surface area contributed by atoms with Crippen molar-refractivity contribution >= 4 is 17.8 Å². The Labute approximate surface area is 131 Å². The number of ether oxygens (including phenoxy) is 2. The molecule has 0 aliphatic carbocycles. The van der Waals surface area contributed by atoms with Crippen LogP contribution in [0, 0.1) is 5.92 Å². The number of carbonyl (C=O) groups is 2. The number of rotatable bonds is 6. The topological polar surface area (TPSA) is 52.6 Å². The van der Waals surface area contributed by atoms with Gasteiger partial charge in [0.05, 0.1) is 6.10 Å². The zero-order chi connectivity index (χ0) is 17.6. The molecule has 0 aromatic heterocycles. The summed E-state index contributed by atoms with van der Waals surface area (Å²) in [4.78, 5) is 23.3. The molecule has 0 saturated heterocycles. The van der Waals surface area contributed by atoms with E-state index in [1.54, 1.807) is 13.8 Å². The minimum Gasteiger partial charge on any atom is -0.462 e. The standard InChI is InChI=1S/C16H17F3O4/c1-10(2)22-15(21)14(11(3)20)9-6-12-4-7-13(8-5-12)23-16(17,18)19/h4-10,14H,1-3H3. The minimum atomic E-state index is -4.75. The molecule has 1 aromatic carbocycles. The number of benzene rings is 1. The van der Waals surface area contributed by atoms with Gasteiger partial charge in [-0.05, 0) is 38.5 Å². The Hall–Kier alpha value is -2.31. The fourth-order valence-corrected chi connectivity index (χ4v) is 1.67. The molecule has 0 aliphatic rings. The Morgan fingerprint density at radius 3 is 2.13 bits per heavy atom. The first-order chi connectivity index (χ1) is 10.6. The number of hydrogen-bond acceptors (Lipinski definition) is 4. The Kier molecular flexibility index (Phi) is 6.36. The number of Topliss-reactive ketones (excluding diaryl/α,β-unsaturated/α-hetero) is 1. The maximum atomic E-state index is 12.1. The van der Waals surface area contributed by atoms with Crippen LogP contribution >= 0.6 is 0 Å². The Morgan fingerprint density at radius 1 is 1.13 bits per heavy atom. The molecule has 0 radical (unpaired) electrons. The van der Waals surface area contributed by atoms with E-state index in [4.69, 9.17) is 4.74 Å². The summed E-state index contributed by atoms with van der Waals surface area (Å²) in [5.41, 5.74) is 0.517. The molecule has 0 fully saturated rings. The maximum absolute atomic E-state index is 12.1. The van der Waals surface area contributed by atoms with Crippen molar-refractivity contribution in [1.29, 1.82) is 0 Å². The van der Waals surface area contributed by atoms with Crippen molar-refractivity contribution < 1.29 is 32.2 Å². The summed E-state index contributed by atoms with van der Waals surface area (Å²) in [5, 5.41) is 0. The molecule has 0 spiro atoms. The highest BCUT2D eigenvalue weighted by Gasteiger charge is 2.30. The van der Waals surface area contributed by atoms with Gasteiger partial charge in [-0.25, -0.2) is 0 Å². The van der Waals surface area contributed by atoms with E-state index in [0.717, 1.165) is 12.1 Å². The smallest absolute Gasteiger partial charge is 0.462 e. The average molecular weight is 330 g/mol. The van der Waals surface area contributed by atoms with E-state index in [-0.39, 0.29) is 17.6 Å². The lowest BCUT2D eigenvalue weighted by Crippen LogP contribution is -2.24. The first-order valence-corrected chi connectivity index (χ1v) is 6.83. The fourth-order valence-electron chi connectivity index (χ4n) is 1.67. The molecule has 0 saturated carbocycles. The Morgan fingerprint density at radius 2 is 1.70 bits per heavy atom. The van der Waals surface area contributed by atoms with Gasteiger partial charge in [-0.1, -0.05) is 24.3 Å². The van der Waals surface area contributed by atoms with E-state index >= 15 is 0 Å². The van der Waals surface area contributed by atoms with E-state index in [0.29, 0.717) is 5.56 Å². The monoisotopic (exact) mass is 330 g/mol. The van der Waals surface area contributed by atoms with Crippen LogP contribution in [0.4, 0.5) is 13.2 Å². The molecule has 0 heterocycles. The van der Waals surface area contributed by atoms with Crippen molar-refractivity contribution in [2.75, 3.05) is 0 Å². The highest BCUT2D eigenvalue weighted by Crippen LogP contribution is 2.23. The predicted molar refractivity (Wildman–Crippen MR) is 77.6 cm³/mol. The molecule has 1 atom stereocenters.